The van der Waals surface area contributed by atoms with Gasteiger partial charge in [-0.15, -0.1) is 11.3 Å². The molecule has 0 atom stereocenters. The zero-order valence-electron chi connectivity index (χ0n) is 10.5. The summed E-state index contributed by atoms with van der Waals surface area (Å²) in [5, 5.41) is 8.85. The molecular weight excluding hydrogens is 230 g/mol. The van der Waals surface area contributed by atoms with Gasteiger partial charge in [0, 0.05) is 5.92 Å². The second kappa shape index (κ2) is 5.63. The zero-order valence-corrected chi connectivity index (χ0v) is 11.3. The highest BCUT2D eigenvalue weighted by Gasteiger charge is 2.21. The van der Waals surface area contributed by atoms with Crippen LogP contribution in [0.4, 0.5) is 0 Å². The van der Waals surface area contributed by atoms with Crippen LogP contribution in [0.3, 0.4) is 0 Å². The summed E-state index contributed by atoms with van der Waals surface area (Å²) in [6, 6.07) is 0. The quantitative estimate of drug-likeness (QED) is 0.636. The van der Waals surface area contributed by atoms with Gasteiger partial charge in [-0.3, -0.25) is 5.41 Å². The van der Waals surface area contributed by atoms with Crippen LogP contribution >= 0.6 is 11.3 Å². The van der Waals surface area contributed by atoms with Crippen molar-refractivity contribution in [2.45, 2.75) is 57.8 Å². The van der Waals surface area contributed by atoms with Gasteiger partial charge in [0.05, 0.1) is 15.6 Å². The molecule has 1 fully saturated rings. The van der Waals surface area contributed by atoms with E-state index in [-0.39, 0.29) is 5.84 Å². The molecule has 94 valence electrons. The van der Waals surface area contributed by atoms with E-state index in [1.165, 1.54) is 37.1 Å². The molecule has 3 N–H and O–H groups in total. The van der Waals surface area contributed by atoms with Crippen molar-refractivity contribution in [3.8, 4) is 0 Å². The fourth-order valence-corrected chi connectivity index (χ4v) is 3.65. The van der Waals surface area contributed by atoms with E-state index >= 15 is 0 Å². The molecule has 0 radical (unpaired) electrons. The molecule has 4 heteroatoms. The standard InChI is InChI=1S/C13H21N3S/c1-2-6-10-11(12(14)15)17-13(16-10)9-7-4-3-5-8-9/h9H,2-8H2,1H3,(H3,14,15). The molecule has 1 heterocycles. The molecule has 17 heavy (non-hydrogen) atoms. The number of aryl methyl sites for hydroxylation is 1. The maximum absolute atomic E-state index is 7.63. The Morgan fingerprint density at radius 2 is 2.12 bits per heavy atom. The van der Waals surface area contributed by atoms with E-state index in [2.05, 4.69) is 6.92 Å². The van der Waals surface area contributed by atoms with Crippen LogP contribution in [0.5, 0.6) is 0 Å². The number of hydrogen-bond donors (Lipinski definition) is 2. The lowest BCUT2D eigenvalue weighted by Gasteiger charge is -2.18. The molecule has 2 rings (SSSR count). The van der Waals surface area contributed by atoms with Gasteiger partial charge in [-0.1, -0.05) is 32.6 Å². The molecule has 0 unspecified atom stereocenters. The lowest BCUT2D eigenvalue weighted by molar-refractivity contribution is 0.442. The summed E-state index contributed by atoms with van der Waals surface area (Å²) >= 11 is 1.65. The number of nitrogens with zero attached hydrogens (tertiary/aromatic N) is 1. The fourth-order valence-electron chi connectivity index (χ4n) is 2.51. The van der Waals surface area contributed by atoms with Gasteiger partial charge in [0.2, 0.25) is 0 Å². The normalized spacial score (nSPS) is 17.2. The Bertz CT molecular complexity index is 391. The monoisotopic (exact) mass is 251 g/mol. The van der Waals surface area contributed by atoms with E-state index in [4.69, 9.17) is 16.1 Å². The van der Waals surface area contributed by atoms with Crippen molar-refractivity contribution in [3.63, 3.8) is 0 Å². The highest BCUT2D eigenvalue weighted by Crippen LogP contribution is 2.36. The van der Waals surface area contributed by atoms with E-state index in [1.807, 2.05) is 0 Å². The second-order valence-corrected chi connectivity index (χ2v) is 5.86. The first-order chi connectivity index (χ1) is 8.22. The van der Waals surface area contributed by atoms with Crippen LogP contribution in [0.2, 0.25) is 0 Å². The number of thiazole rings is 1. The van der Waals surface area contributed by atoms with Gasteiger partial charge in [0.15, 0.2) is 0 Å². The van der Waals surface area contributed by atoms with Crippen molar-refractivity contribution < 1.29 is 0 Å². The fraction of sp³-hybridized carbons (Fsp3) is 0.692. The lowest BCUT2D eigenvalue weighted by Crippen LogP contribution is -2.11. The highest BCUT2D eigenvalue weighted by atomic mass is 32.1. The number of hydrogen-bond acceptors (Lipinski definition) is 3. The van der Waals surface area contributed by atoms with Crippen molar-refractivity contribution >= 4 is 17.2 Å². The van der Waals surface area contributed by atoms with Gasteiger partial charge in [0.1, 0.15) is 5.84 Å². The van der Waals surface area contributed by atoms with E-state index in [0.29, 0.717) is 5.92 Å². The Balaban J connectivity index is 2.22. The van der Waals surface area contributed by atoms with Gasteiger partial charge in [-0.2, -0.15) is 0 Å². The lowest BCUT2D eigenvalue weighted by atomic mass is 9.90. The topological polar surface area (TPSA) is 62.8 Å². The average molecular weight is 251 g/mol. The summed E-state index contributed by atoms with van der Waals surface area (Å²) in [7, 11) is 0. The number of nitrogen functional groups attached to an aromatic ring is 1. The third-order valence-electron chi connectivity index (χ3n) is 3.40. The maximum atomic E-state index is 7.63. The Morgan fingerprint density at radius 3 is 2.71 bits per heavy atom. The summed E-state index contributed by atoms with van der Waals surface area (Å²) in [5.41, 5.74) is 6.69. The third kappa shape index (κ3) is 2.86. The molecule has 0 spiro atoms. The van der Waals surface area contributed by atoms with Crippen LogP contribution in [-0.4, -0.2) is 10.8 Å². The third-order valence-corrected chi connectivity index (χ3v) is 4.69. The smallest absolute Gasteiger partial charge is 0.135 e. The largest absolute Gasteiger partial charge is 0.383 e. The SMILES string of the molecule is CCCc1nc(C2CCCCC2)sc1C(=N)N. The Morgan fingerprint density at radius 1 is 1.41 bits per heavy atom. The van der Waals surface area contributed by atoms with E-state index < -0.39 is 0 Å². The van der Waals surface area contributed by atoms with Gasteiger partial charge in [-0.25, -0.2) is 4.98 Å². The summed E-state index contributed by atoms with van der Waals surface area (Å²) in [5.74, 6) is 0.811. The molecule has 3 nitrogen and oxygen atoms in total. The minimum absolute atomic E-state index is 0.188. The number of amidine groups is 1. The van der Waals surface area contributed by atoms with Crippen molar-refractivity contribution in [1.29, 1.82) is 5.41 Å². The number of nitrogens with one attached hydrogen (secondary N) is 1. The summed E-state index contributed by atoms with van der Waals surface area (Å²) in [6.07, 6.45) is 8.54. The summed E-state index contributed by atoms with van der Waals surface area (Å²) in [4.78, 5) is 5.65. The molecule has 1 aliphatic carbocycles. The zero-order chi connectivity index (χ0) is 12.3. The molecule has 1 aromatic rings. The summed E-state index contributed by atoms with van der Waals surface area (Å²) in [6.45, 7) is 2.14. The number of nitrogens with two attached hydrogens (primary N) is 1. The predicted molar refractivity (Wildman–Crippen MR) is 73.0 cm³/mol. The van der Waals surface area contributed by atoms with Crippen LogP contribution in [0.25, 0.3) is 0 Å². The van der Waals surface area contributed by atoms with Crippen LogP contribution in [0, 0.1) is 5.41 Å². The van der Waals surface area contributed by atoms with E-state index in [0.717, 1.165) is 23.4 Å². The molecule has 1 aliphatic rings. The Labute approximate surface area is 107 Å². The second-order valence-electron chi connectivity index (χ2n) is 4.83. The van der Waals surface area contributed by atoms with Crippen LogP contribution in [0.1, 0.15) is 66.9 Å². The first kappa shape index (κ1) is 12.6. The Hall–Kier alpha value is -0.900. The van der Waals surface area contributed by atoms with Crippen molar-refractivity contribution in [2.75, 3.05) is 0 Å². The molecule has 1 saturated carbocycles. The van der Waals surface area contributed by atoms with Crippen molar-refractivity contribution in [2.24, 2.45) is 5.73 Å². The summed E-state index contributed by atoms with van der Waals surface area (Å²) < 4.78 is 0. The molecule has 0 amide bonds. The van der Waals surface area contributed by atoms with Crippen LogP contribution < -0.4 is 5.73 Å². The minimum atomic E-state index is 0.188. The predicted octanol–water partition coefficient (Wildman–Crippen LogP) is 3.43. The van der Waals surface area contributed by atoms with Gasteiger partial charge >= 0.3 is 0 Å². The van der Waals surface area contributed by atoms with Crippen LogP contribution in [-0.2, 0) is 6.42 Å². The van der Waals surface area contributed by atoms with Crippen LogP contribution in [0.15, 0.2) is 0 Å². The highest BCUT2D eigenvalue weighted by molar-refractivity contribution is 7.14. The number of aromatic nitrogens is 1. The molecule has 0 aromatic carbocycles. The van der Waals surface area contributed by atoms with Crippen molar-refractivity contribution in [1.82, 2.24) is 4.98 Å². The Kier molecular flexibility index (Phi) is 4.15. The first-order valence-corrected chi connectivity index (χ1v) is 7.38. The maximum Gasteiger partial charge on any atom is 0.135 e. The molecule has 0 bridgehead atoms. The first-order valence-electron chi connectivity index (χ1n) is 6.56. The van der Waals surface area contributed by atoms with Crippen molar-refractivity contribution in [3.05, 3.63) is 15.6 Å². The average Bonchev–Trinajstić information content (AvgIpc) is 2.75. The minimum Gasteiger partial charge on any atom is -0.383 e. The molecule has 1 aromatic heterocycles. The molecule has 0 aliphatic heterocycles. The van der Waals surface area contributed by atoms with Gasteiger partial charge in [-0.05, 0) is 19.3 Å². The molecule has 0 saturated heterocycles. The van der Waals surface area contributed by atoms with Gasteiger partial charge in [0.25, 0.3) is 0 Å². The van der Waals surface area contributed by atoms with Gasteiger partial charge < -0.3 is 5.73 Å². The van der Waals surface area contributed by atoms with E-state index in [9.17, 15) is 0 Å². The number of rotatable bonds is 4. The van der Waals surface area contributed by atoms with E-state index in [1.54, 1.807) is 11.3 Å². The molecular formula is C13H21N3S.